The second-order valence-corrected chi connectivity index (χ2v) is 3.96. The SMILES string of the molecule is c1ccc2nc(NCCc3ncc[nH]3)cnc2c1. The molecule has 0 saturated heterocycles. The maximum atomic E-state index is 4.49. The lowest BCUT2D eigenvalue weighted by molar-refractivity contribution is 0.921. The van der Waals surface area contributed by atoms with Gasteiger partial charge < -0.3 is 10.3 Å². The van der Waals surface area contributed by atoms with E-state index >= 15 is 0 Å². The Balaban J connectivity index is 1.67. The van der Waals surface area contributed by atoms with E-state index in [1.807, 2.05) is 30.5 Å². The first-order valence-electron chi connectivity index (χ1n) is 5.86. The molecule has 0 aliphatic heterocycles. The normalized spacial score (nSPS) is 10.7. The number of imidazole rings is 1. The molecule has 0 bridgehead atoms. The first-order chi connectivity index (χ1) is 8.92. The minimum absolute atomic E-state index is 0.778. The van der Waals surface area contributed by atoms with Crippen molar-refractivity contribution in [3.8, 4) is 0 Å². The highest BCUT2D eigenvalue weighted by Gasteiger charge is 1.99. The van der Waals surface area contributed by atoms with Gasteiger partial charge in [-0.1, -0.05) is 12.1 Å². The van der Waals surface area contributed by atoms with Crippen LogP contribution in [0.15, 0.2) is 42.9 Å². The van der Waals surface area contributed by atoms with E-state index in [-0.39, 0.29) is 0 Å². The minimum atomic E-state index is 0.778. The largest absolute Gasteiger partial charge is 0.368 e. The van der Waals surface area contributed by atoms with Crippen LogP contribution < -0.4 is 5.32 Å². The Hall–Kier alpha value is -2.43. The molecule has 0 aliphatic carbocycles. The van der Waals surface area contributed by atoms with Gasteiger partial charge in [0.25, 0.3) is 0 Å². The third kappa shape index (κ3) is 2.29. The average molecular weight is 239 g/mol. The molecule has 0 saturated carbocycles. The van der Waals surface area contributed by atoms with Crippen LogP contribution in [-0.2, 0) is 6.42 Å². The molecule has 2 aromatic heterocycles. The molecule has 5 heteroatoms. The highest BCUT2D eigenvalue weighted by molar-refractivity contribution is 5.75. The summed E-state index contributed by atoms with van der Waals surface area (Å²) in [5, 5.41) is 3.24. The lowest BCUT2D eigenvalue weighted by atomic mass is 10.3. The summed E-state index contributed by atoms with van der Waals surface area (Å²) in [6.45, 7) is 0.778. The standard InChI is InChI=1S/C13H13N5/c1-2-4-11-10(3-1)17-9-13(18-11)14-6-5-12-15-7-8-16-12/h1-4,7-9H,5-6H2,(H,14,18)(H,15,16). The molecule has 2 heterocycles. The van der Waals surface area contributed by atoms with Crippen LogP contribution in [0.1, 0.15) is 5.82 Å². The molecule has 0 aliphatic rings. The van der Waals surface area contributed by atoms with Gasteiger partial charge in [-0.15, -0.1) is 0 Å². The Bertz CT molecular complexity index is 633. The van der Waals surface area contributed by atoms with Gasteiger partial charge in [0.2, 0.25) is 0 Å². The molecule has 90 valence electrons. The lowest BCUT2D eigenvalue weighted by Crippen LogP contribution is -2.07. The molecule has 0 unspecified atom stereocenters. The second kappa shape index (κ2) is 4.83. The predicted molar refractivity (Wildman–Crippen MR) is 70.3 cm³/mol. The van der Waals surface area contributed by atoms with Crippen LogP contribution in [0.5, 0.6) is 0 Å². The van der Waals surface area contributed by atoms with Crippen molar-refractivity contribution >= 4 is 16.9 Å². The molecule has 3 rings (SSSR count). The highest BCUT2D eigenvalue weighted by Crippen LogP contribution is 2.11. The molecule has 18 heavy (non-hydrogen) atoms. The van der Waals surface area contributed by atoms with Crippen molar-refractivity contribution in [1.82, 2.24) is 19.9 Å². The Kier molecular flexibility index (Phi) is 2.87. The summed E-state index contributed by atoms with van der Waals surface area (Å²) >= 11 is 0. The molecule has 3 aromatic rings. The minimum Gasteiger partial charge on any atom is -0.368 e. The van der Waals surface area contributed by atoms with Crippen LogP contribution in [0.25, 0.3) is 11.0 Å². The smallest absolute Gasteiger partial charge is 0.145 e. The van der Waals surface area contributed by atoms with E-state index in [1.54, 1.807) is 12.4 Å². The number of nitrogens with zero attached hydrogens (tertiary/aromatic N) is 3. The van der Waals surface area contributed by atoms with Crippen molar-refractivity contribution in [3.05, 3.63) is 48.7 Å². The number of aromatic amines is 1. The van der Waals surface area contributed by atoms with Crippen molar-refractivity contribution in [3.63, 3.8) is 0 Å². The Morgan fingerprint density at radius 3 is 2.83 bits per heavy atom. The van der Waals surface area contributed by atoms with Gasteiger partial charge in [0.15, 0.2) is 0 Å². The van der Waals surface area contributed by atoms with Crippen molar-refractivity contribution in [2.75, 3.05) is 11.9 Å². The van der Waals surface area contributed by atoms with Crippen LogP contribution >= 0.6 is 0 Å². The van der Waals surface area contributed by atoms with Crippen LogP contribution in [0.4, 0.5) is 5.82 Å². The summed E-state index contributed by atoms with van der Waals surface area (Å²) in [6.07, 6.45) is 6.17. The number of nitrogens with one attached hydrogen (secondary N) is 2. The fraction of sp³-hybridized carbons (Fsp3) is 0.154. The van der Waals surface area contributed by atoms with Gasteiger partial charge >= 0.3 is 0 Å². The quantitative estimate of drug-likeness (QED) is 0.731. The molecule has 0 amide bonds. The Morgan fingerprint density at radius 1 is 1.11 bits per heavy atom. The molecule has 0 fully saturated rings. The van der Waals surface area contributed by atoms with E-state index in [4.69, 9.17) is 0 Å². The Labute approximate surface area is 104 Å². The van der Waals surface area contributed by atoms with E-state index in [2.05, 4.69) is 25.3 Å². The number of rotatable bonds is 4. The fourth-order valence-corrected chi connectivity index (χ4v) is 1.79. The first-order valence-corrected chi connectivity index (χ1v) is 5.86. The summed E-state index contributed by atoms with van der Waals surface area (Å²) < 4.78 is 0. The van der Waals surface area contributed by atoms with E-state index in [0.29, 0.717) is 0 Å². The summed E-state index contributed by atoms with van der Waals surface area (Å²) in [5.74, 6) is 1.76. The third-order valence-electron chi connectivity index (χ3n) is 2.67. The van der Waals surface area contributed by atoms with Crippen molar-refractivity contribution in [1.29, 1.82) is 0 Å². The maximum Gasteiger partial charge on any atom is 0.145 e. The van der Waals surface area contributed by atoms with Gasteiger partial charge in [0.05, 0.1) is 17.2 Å². The van der Waals surface area contributed by atoms with Crippen molar-refractivity contribution in [2.24, 2.45) is 0 Å². The number of para-hydroxylation sites is 2. The van der Waals surface area contributed by atoms with E-state index < -0.39 is 0 Å². The number of anilines is 1. The van der Waals surface area contributed by atoms with Gasteiger partial charge in [-0.25, -0.2) is 9.97 Å². The molecular weight excluding hydrogens is 226 g/mol. The number of hydrogen-bond donors (Lipinski definition) is 2. The zero-order valence-electron chi connectivity index (χ0n) is 9.80. The molecule has 0 radical (unpaired) electrons. The van der Waals surface area contributed by atoms with E-state index in [9.17, 15) is 0 Å². The monoisotopic (exact) mass is 239 g/mol. The molecule has 1 aromatic carbocycles. The number of hydrogen-bond acceptors (Lipinski definition) is 4. The van der Waals surface area contributed by atoms with E-state index in [1.165, 1.54) is 0 Å². The third-order valence-corrected chi connectivity index (χ3v) is 2.67. The number of H-pyrrole nitrogens is 1. The average Bonchev–Trinajstić information content (AvgIpc) is 2.92. The van der Waals surface area contributed by atoms with Crippen LogP contribution in [0.3, 0.4) is 0 Å². The van der Waals surface area contributed by atoms with Gasteiger partial charge in [-0.2, -0.15) is 0 Å². The topological polar surface area (TPSA) is 66.5 Å². The van der Waals surface area contributed by atoms with Crippen LogP contribution in [0, 0.1) is 0 Å². The zero-order valence-corrected chi connectivity index (χ0v) is 9.80. The summed E-state index contributed by atoms with van der Waals surface area (Å²) in [4.78, 5) is 16.1. The van der Waals surface area contributed by atoms with Gasteiger partial charge in [-0.05, 0) is 12.1 Å². The van der Waals surface area contributed by atoms with Crippen molar-refractivity contribution in [2.45, 2.75) is 6.42 Å². The van der Waals surface area contributed by atoms with Gasteiger partial charge in [0.1, 0.15) is 11.6 Å². The second-order valence-electron chi connectivity index (χ2n) is 3.96. The number of benzene rings is 1. The summed E-state index contributed by atoms with van der Waals surface area (Å²) in [6, 6.07) is 7.83. The zero-order chi connectivity index (χ0) is 12.2. The molecular formula is C13H13N5. The first kappa shape index (κ1) is 10.7. The fourth-order valence-electron chi connectivity index (χ4n) is 1.79. The number of fused-ring (bicyclic) bond motifs is 1. The highest BCUT2D eigenvalue weighted by atomic mass is 15.0. The molecule has 0 atom stereocenters. The lowest BCUT2D eigenvalue weighted by Gasteiger charge is -2.04. The van der Waals surface area contributed by atoms with Gasteiger partial charge in [-0.3, -0.25) is 4.98 Å². The van der Waals surface area contributed by atoms with Gasteiger partial charge in [0, 0.05) is 25.4 Å². The number of aromatic nitrogens is 4. The molecule has 0 spiro atoms. The van der Waals surface area contributed by atoms with Crippen LogP contribution in [0.2, 0.25) is 0 Å². The Morgan fingerprint density at radius 2 is 2.00 bits per heavy atom. The van der Waals surface area contributed by atoms with E-state index in [0.717, 1.165) is 35.6 Å². The summed E-state index contributed by atoms with van der Waals surface area (Å²) in [7, 11) is 0. The predicted octanol–water partition coefficient (Wildman–Crippen LogP) is 2.01. The van der Waals surface area contributed by atoms with Crippen LogP contribution in [-0.4, -0.2) is 26.5 Å². The molecule has 5 nitrogen and oxygen atoms in total. The maximum absolute atomic E-state index is 4.49. The summed E-state index contributed by atoms with van der Waals surface area (Å²) in [5.41, 5.74) is 1.81. The molecule has 2 N–H and O–H groups in total. The van der Waals surface area contributed by atoms with Crippen molar-refractivity contribution < 1.29 is 0 Å².